The van der Waals surface area contributed by atoms with Crippen molar-refractivity contribution >= 4 is 21.9 Å². The van der Waals surface area contributed by atoms with Gasteiger partial charge in [0.05, 0.1) is 13.5 Å². The highest BCUT2D eigenvalue weighted by molar-refractivity contribution is 9.10. The van der Waals surface area contributed by atoms with Crippen molar-refractivity contribution in [3.8, 4) is 5.75 Å². The molecule has 5 heteroatoms. The SMILES string of the molecule is COc1cc(C(N)CC(=O)O)c(Br)cc1C. The van der Waals surface area contributed by atoms with Crippen LogP contribution in [0.5, 0.6) is 5.75 Å². The first kappa shape index (κ1) is 13.0. The minimum absolute atomic E-state index is 0.106. The Hall–Kier alpha value is -1.07. The fourth-order valence-electron chi connectivity index (χ4n) is 1.47. The van der Waals surface area contributed by atoms with Gasteiger partial charge in [-0.05, 0) is 30.2 Å². The predicted molar refractivity (Wildman–Crippen MR) is 64.6 cm³/mol. The quantitative estimate of drug-likeness (QED) is 0.891. The van der Waals surface area contributed by atoms with Crippen LogP contribution in [-0.4, -0.2) is 18.2 Å². The van der Waals surface area contributed by atoms with Crippen LogP contribution in [0.1, 0.15) is 23.6 Å². The van der Waals surface area contributed by atoms with E-state index in [1.807, 2.05) is 13.0 Å². The molecule has 0 aromatic heterocycles. The van der Waals surface area contributed by atoms with E-state index in [-0.39, 0.29) is 6.42 Å². The maximum atomic E-state index is 10.6. The third-order valence-corrected chi connectivity index (χ3v) is 2.99. The second kappa shape index (κ2) is 5.32. The molecule has 3 N–H and O–H groups in total. The summed E-state index contributed by atoms with van der Waals surface area (Å²) < 4.78 is 5.98. The Morgan fingerprint density at radius 2 is 2.25 bits per heavy atom. The molecular weight excluding hydrogens is 274 g/mol. The number of rotatable bonds is 4. The number of carbonyl (C=O) groups is 1. The van der Waals surface area contributed by atoms with Crippen molar-refractivity contribution in [3.63, 3.8) is 0 Å². The monoisotopic (exact) mass is 287 g/mol. The molecule has 1 aromatic rings. The Balaban J connectivity index is 3.08. The van der Waals surface area contributed by atoms with Gasteiger partial charge in [-0.2, -0.15) is 0 Å². The molecule has 0 bridgehead atoms. The van der Waals surface area contributed by atoms with Crippen LogP contribution in [0.25, 0.3) is 0 Å². The van der Waals surface area contributed by atoms with Crippen LogP contribution in [0.15, 0.2) is 16.6 Å². The number of halogens is 1. The van der Waals surface area contributed by atoms with Gasteiger partial charge in [-0.15, -0.1) is 0 Å². The number of carboxylic acid groups (broad SMARTS) is 1. The normalized spacial score (nSPS) is 12.2. The van der Waals surface area contributed by atoms with E-state index < -0.39 is 12.0 Å². The number of nitrogens with two attached hydrogens (primary N) is 1. The van der Waals surface area contributed by atoms with Crippen molar-refractivity contribution in [2.75, 3.05) is 7.11 Å². The fraction of sp³-hybridized carbons (Fsp3) is 0.364. The van der Waals surface area contributed by atoms with E-state index in [4.69, 9.17) is 15.6 Å². The number of aryl methyl sites for hydroxylation is 1. The van der Waals surface area contributed by atoms with E-state index in [1.165, 1.54) is 0 Å². The van der Waals surface area contributed by atoms with Gasteiger partial charge in [-0.1, -0.05) is 15.9 Å². The van der Waals surface area contributed by atoms with Gasteiger partial charge in [0.1, 0.15) is 5.75 Å². The third-order valence-electron chi connectivity index (χ3n) is 2.31. The summed E-state index contributed by atoms with van der Waals surface area (Å²) in [5.74, 6) is -0.210. The van der Waals surface area contributed by atoms with E-state index in [9.17, 15) is 4.79 Å². The Labute approximate surface area is 103 Å². The van der Waals surface area contributed by atoms with Crippen LogP contribution in [-0.2, 0) is 4.79 Å². The van der Waals surface area contributed by atoms with Gasteiger partial charge in [-0.25, -0.2) is 0 Å². The summed E-state index contributed by atoms with van der Waals surface area (Å²) in [5.41, 5.74) is 7.52. The lowest BCUT2D eigenvalue weighted by atomic mass is 10.0. The number of hydrogen-bond acceptors (Lipinski definition) is 3. The number of hydrogen-bond donors (Lipinski definition) is 2. The van der Waals surface area contributed by atoms with Crippen LogP contribution in [0, 0.1) is 6.92 Å². The summed E-state index contributed by atoms with van der Waals surface area (Å²) in [7, 11) is 1.57. The van der Waals surface area contributed by atoms with Crippen molar-refractivity contribution in [1.82, 2.24) is 0 Å². The molecule has 16 heavy (non-hydrogen) atoms. The van der Waals surface area contributed by atoms with Crippen molar-refractivity contribution in [1.29, 1.82) is 0 Å². The zero-order valence-corrected chi connectivity index (χ0v) is 10.7. The van der Waals surface area contributed by atoms with Crippen LogP contribution in [0.4, 0.5) is 0 Å². The third kappa shape index (κ3) is 2.96. The van der Waals surface area contributed by atoms with Crippen molar-refractivity contribution in [2.24, 2.45) is 5.73 Å². The lowest BCUT2D eigenvalue weighted by Gasteiger charge is -2.14. The van der Waals surface area contributed by atoms with Crippen molar-refractivity contribution in [3.05, 3.63) is 27.7 Å². The van der Waals surface area contributed by atoms with Crippen molar-refractivity contribution in [2.45, 2.75) is 19.4 Å². The Morgan fingerprint density at radius 1 is 1.62 bits per heavy atom. The maximum Gasteiger partial charge on any atom is 0.305 e. The van der Waals surface area contributed by atoms with Crippen LogP contribution in [0.3, 0.4) is 0 Å². The molecule has 0 aliphatic carbocycles. The molecule has 0 saturated carbocycles. The fourth-order valence-corrected chi connectivity index (χ4v) is 2.22. The first-order chi connectivity index (χ1) is 7.45. The molecule has 0 aliphatic heterocycles. The molecule has 1 aromatic carbocycles. The molecule has 0 aliphatic rings. The molecule has 0 spiro atoms. The highest BCUT2D eigenvalue weighted by Crippen LogP contribution is 2.31. The van der Waals surface area contributed by atoms with Gasteiger partial charge in [0.2, 0.25) is 0 Å². The molecule has 1 unspecified atom stereocenters. The number of ether oxygens (including phenoxy) is 1. The van der Waals surface area contributed by atoms with E-state index in [1.54, 1.807) is 13.2 Å². The standard InChI is InChI=1S/C11H14BrNO3/c1-6-3-8(12)7(4-10(6)16-2)9(13)5-11(14)15/h3-4,9H,5,13H2,1-2H3,(H,14,15). The Bertz CT molecular complexity index is 406. The van der Waals surface area contributed by atoms with Crippen LogP contribution >= 0.6 is 15.9 Å². The van der Waals surface area contributed by atoms with E-state index >= 15 is 0 Å². The summed E-state index contributed by atoms with van der Waals surface area (Å²) in [6.07, 6.45) is -0.106. The Kier molecular flexibility index (Phi) is 4.32. The first-order valence-corrected chi connectivity index (χ1v) is 5.56. The molecule has 88 valence electrons. The minimum Gasteiger partial charge on any atom is -0.496 e. The van der Waals surface area contributed by atoms with Gasteiger partial charge in [0, 0.05) is 10.5 Å². The van der Waals surface area contributed by atoms with E-state index in [0.29, 0.717) is 5.75 Å². The van der Waals surface area contributed by atoms with Crippen LogP contribution < -0.4 is 10.5 Å². The van der Waals surface area contributed by atoms with Crippen LogP contribution in [0.2, 0.25) is 0 Å². The molecule has 0 fully saturated rings. The number of aliphatic carboxylic acids is 1. The summed E-state index contributed by atoms with van der Waals surface area (Å²) >= 11 is 3.37. The number of methoxy groups -OCH3 is 1. The zero-order chi connectivity index (χ0) is 12.3. The zero-order valence-electron chi connectivity index (χ0n) is 9.16. The average Bonchev–Trinajstić information content (AvgIpc) is 2.16. The molecule has 0 radical (unpaired) electrons. The summed E-state index contributed by atoms with van der Waals surface area (Å²) in [6.45, 7) is 1.91. The average molecular weight is 288 g/mol. The summed E-state index contributed by atoms with van der Waals surface area (Å²) in [5, 5.41) is 8.69. The highest BCUT2D eigenvalue weighted by atomic mass is 79.9. The van der Waals surface area contributed by atoms with Gasteiger partial charge in [0.15, 0.2) is 0 Å². The smallest absolute Gasteiger partial charge is 0.305 e. The minimum atomic E-state index is -0.918. The molecular formula is C11H14BrNO3. The second-order valence-electron chi connectivity index (χ2n) is 3.55. The topological polar surface area (TPSA) is 72.5 Å². The lowest BCUT2D eigenvalue weighted by Crippen LogP contribution is -2.15. The number of benzene rings is 1. The molecule has 4 nitrogen and oxygen atoms in total. The van der Waals surface area contributed by atoms with Gasteiger partial charge in [0.25, 0.3) is 0 Å². The first-order valence-electron chi connectivity index (χ1n) is 4.77. The Morgan fingerprint density at radius 3 is 2.75 bits per heavy atom. The highest BCUT2D eigenvalue weighted by Gasteiger charge is 2.15. The van der Waals surface area contributed by atoms with E-state index in [2.05, 4.69) is 15.9 Å². The molecule has 1 atom stereocenters. The molecule has 0 heterocycles. The van der Waals surface area contributed by atoms with Gasteiger partial charge < -0.3 is 15.6 Å². The van der Waals surface area contributed by atoms with Crippen molar-refractivity contribution < 1.29 is 14.6 Å². The summed E-state index contributed by atoms with van der Waals surface area (Å²) in [6, 6.07) is 3.10. The second-order valence-corrected chi connectivity index (χ2v) is 4.40. The van der Waals surface area contributed by atoms with Gasteiger partial charge >= 0.3 is 5.97 Å². The van der Waals surface area contributed by atoms with Gasteiger partial charge in [-0.3, -0.25) is 4.79 Å². The lowest BCUT2D eigenvalue weighted by molar-refractivity contribution is -0.137. The van der Waals surface area contributed by atoms with E-state index in [0.717, 1.165) is 15.6 Å². The molecule has 0 saturated heterocycles. The largest absolute Gasteiger partial charge is 0.496 e. The number of carboxylic acids is 1. The predicted octanol–water partition coefficient (Wildman–Crippen LogP) is 2.24. The molecule has 0 amide bonds. The summed E-state index contributed by atoms with van der Waals surface area (Å²) in [4.78, 5) is 10.6. The molecule has 1 rings (SSSR count). The maximum absolute atomic E-state index is 10.6.